The zero-order valence-electron chi connectivity index (χ0n) is 16.0. The number of benzene rings is 2. The molecule has 2 aromatic carbocycles. The molecule has 0 bridgehead atoms. The van der Waals surface area contributed by atoms with Gasteiger partial charge < -0.3 is 14.2 Å². The van der Waals surface area contributed by atoms with Gasteiger partial charge in [0.2, 0.25) is 0 Å². The Hall–Kier alpha value is -1.04. The fourth-order valence-electron chi connectivity index (χ4n) is 2.76. The lowest BCUT2D eigenvalue weighted by molar-refractivity contribution is 0.129. The molecule has 3 nitrogen and oxygen atoms in total. The van der Waals surface area contributed by atoms with E-state index < -0.39 is 0 Å². The Morgan fingerprint density at radius 1 is 0.667 bits per heavy atom. The van der Waals surface area contributed by atoms with Crippen LogP contribution in [0.25, 0.3) is 0 Å². The van der Waals surface area contributed by atoms with Gasteiger partial charge in [0.25, 0.3) is 0 Å². The molecule has 0 N–H and O–H groups in total. The summed E-state index contributed by atoms with van der Waals surface area (Å²) in [4.78, 5) is 0.843. The lowest BCUT2D eigenvalue weighted by atomic mass is 10.1. The molecule has 0 aliphatic rings. The molecule has 5 heteroatoms. The van der Waals surface area contributed by atoms with Gasteiger partial charge in [-0.15, -0.1) is 0 Å². The largest absolute Gasteiger partial charge is 0.497 e. The van der Waals surface area contributed by atoms with Crippen molar-refractivity contribution < 1.29 is 14.2 Å². The van der Waals surface area contributed by atoms with Crippen molar-refractivity contribution in [1.29, 1.82) is 0 Å². The second-order valence-electron chi connectivity index (χ2n) is 6.49. The van der Waals surface area contributed by atoms with Crippen LogP contribution in [0.15, 0.2) is 48.5 Å². The second kappa shape index (κ2) is 12.4. The predicted molar refractivity (Wildman–Crippen MR) is 119 cm³/mol. The number of hydrogen-bond donors (Lipinski definition) is 0. The van der Waals surface area contributed by atoms with E-state index in [1.807, 2.05) is 24.3 Å². The molecule has 0 amide bonds. The molecule has 0 radical (unpaired) electrons. The fraction of sp³-hybridized carbons (Fsp3) is 0.455. The minimum Gasteiger partial charge on any atom is -0.497 e. The summed E-state index contributed by atoms with van der Waals surface area (Å²) in [6, 6.07) is 16.5. The molecule has 2 aromatic rings. The van der Waals surface area contributed by atoms with E-state index in [4.69, 9.17) is 14.2 Å². The van der Waals surface area contributed by atoms with E-state index >= 15 is 0 Å². The van der Waals surface area contributed by atoms with Crippen LogP contribution in [0.4, 0.5) is 0 Å². The van der Waals surface area contributed by atoms with Gasteiger partial charge in [0.15, 0.2) is 0 Å². The minimum absolute atomic E-state index is 0.421. The molecule has 0 aromatic heterocycles. The first-order valence-electron chi connectivity index (χ1n) is 9.22. The van der Waals surface area contributed by atoms with Crippen LogP contribution < -0.4 is 9.47 Å². The highest BCUT2D eigenvalue weighted by atomic mass is 79.9. The molecular weight excluding hydrogens is 472 g/mol. The summed E-state index contributed by atoms with van der Waals surface area (Å²) < 4.78 is 16.2. The molecule has 0 saturated heterocycles. The van der Waals surface area contributed by atoms with Crippen molar-refractivity contribution in [3.05, 3.63) is 59.7 Å². The Labute approximate surface area is 179 Å². The summed E-state index contributed by atoms with van der Waals surface area (Å²) in [5.74, 6) is 1.79. The summed E-state index contributed by atoms with van der Waals surface area (Å²) in [5.41, 5.74) is 2.61. The van der Waals surface area contributed by atoms with Crippen molar-refractivity contribution in [2.45, 2.75) is 35.3 Å². The standard InChI is InChI=1S/C22H28Br2O3/c1-25-21-7-3-17(4-8-21)15-19(23)11-13-27-14-12-20(24)16-18-5-9-22(26-2)10-6-18/h3-10,19-20H,11-16H2,1-2H3. The number of methoxy groups -OCH3 is 2. The number of rotatable bonds is 12. The molecule has 0 spiro atoms. The van der Waals surface area contributed by atoms with Gasteiger partial charge in [-0.1, -0.05) is 56.1 Å². The lowest BCUT2D eigenvalue weighted by Crippen LogP contribution is -2.11. The Bertz CT molecular complexity index is 586. The van der Waals surface area contributed by atoms with Gasteiger partial charge in [0.05, 0.1) is 14.2 Å². The van der Waals surface area contributed by atoms with Crippen molar-refractivity contribution in [2.24, 2.45) is 0 Å². The van der Waals surface area contributed by atoms with Gasteiger partial charge in [-0.3, -0.25) is 0 Å². The third kappa shape index (κ3) is 8.67. The SMILES string of the molecule is COc1ccc(CC(Br)CCOCCC(Br)Cc2ccc(OC)cc2)cc1. The normalized spacial score (nSPS) is 13.2. The molecule has 0 fully saturated rings. The maximum absolute atomic E-state index is 5.82. The van der Waals surface area contributed by atoms with Gasteiger partial charge in [-0.05, 0) is 61.1 Å². The van der Waals surface area contributed by atoms with Crippen molar-refractivity contribution in [2.75, 3.05) is 27.4 Å². The molecular formula is C22H28Br2O3. The molecule has 0 aliphatic carbocycles. The quantitative estimate of drug-likeness (QED) is 0.272. The molecule has 148 valence electrons. The summed E-state index contributed by atoms with van der Waals surface area (Å²) >= 11 is 7.51. The van der Waals surface area contributed by atoms with E-state index in [-0.39, 0.29) is 0 Å². The highest BCUT2D eigenvalue weighted by Gasteiger charge is 2.08. The number of halogens is 2. The van der Waals surface area contributed by atoms with Gasteiger partial charge in [0, 0.05) is 22.9 Å². The van der Waals surface area contributed by atoms with Gasteiger partial charge in [-0.2, -0.15) is 0 Å². The Morgan fingerprint density at radius 2 is 1.04 bits per heavy atom. The van der Waals surface area contributed by atoms with Crippen LogP contribution in [0.3, 0.4) is 0 Å². The van der Waals surface area contributed by atoms with Crippen LogP contribution in [-0.2, 0) is 17.6 Å². The van der Waals surface area contributed by atoms with Gasteiger partial charge in [0.1, 0.15) is 11.5 Å². The maximum Gasteiger partial charge on any atom is 0.118 e. The van der Waals surface area contributed by atoms with E-state index in [0.29, 0.717) is 9.65 Å². The maximum atomic E-state index is 5.82. The number of alkyl halides is 2. The van der Waals surface area contributed by atoms with Crippen LogP contribution in [0, 0.1) is 0 Å². The first kappa shape index (κ1) is 22.3. The third-order valence-corrected chi connectivity index (χ3v) is 5.95. The second-order valence-corrected chi connectivity index (χ2v) is 9.08. The smallest absolute Gasteiger partial charge is 0.118 e. The minimum atomic E-state index is 0.421. The van der Waals surface area contributed by atoms with E-state index in [1.54, 1.807) is 14.2 Å². The number of ether oxygens (including phenoxy) is 3. The molecule has 2 unspecified atom stereocenters. The molecule has 2 rings (SSSR count). The predicted octanol–water partition coefficient (Wildman–Crippen LogP) is 5.81. The van der Waals surface area contributed by atoms with Crippen LogP contribution >= 0.6 is 31.9 Å². The average molecular weight is 500 g/mol. The first-order chi connectivity index (χ1) is 13.1. The summed E-state index contributed by atoms with van der Waals surface area (Å²) in [6.45, 7) is 1.54. The van der Waals surface area contributed by atoms with E-state index in [2.05, 4.69) is 56.1 Å². The first-order valence-corrected chi connectivity index (χ1v) is 11.1. The molecule has 0 heterocycles. The number of hydrogen-bond acceptors (Lipinski definition) is 3. The highest BCUT2D eigenvalue weighted by molar-refractivity contribution is 9.09. The lowest BCUT2D eigenvalue weighted by Gasteiger charge is -2.13. The van der Waals surface area contributed by atoms with Crippen molar-refractivity contribution in [3.63, 3.8) is 0 Å². The van der Waals surface area contributed by atoms with Crippen molar-refractivity contribution in [1.82, 2.24) is 0 Å². The third-order valence-electron chi connectivity index (χ3n) is 4.38. The van der Waals surface area contributed by atoms with Crippen molar-refractivity contribution in [3.8, 4) is 11.5 Å². The molecule has 0 aliphatic heterocycles. The molecule has 2 atom stereocenters. The van der Waals surface area contributed by atoms with E-state index in [1.165, 1.54) is 11.1 Å². The Kier molecular flexibility index (Phi) is 10.2. The van der Waals surface area contributed by atoms with Crippen LogP contribution in [-0.4, -0.2) is 37.1 Å². The van der Waals surface area contributed by atoms with E-state index in [0.717, 1.165) is 50.4 Å². The summed E-state index contributed by atoms with van der Waals surface area (Å²) in [6.07, 6.45) is 3.98. The topological polar surface area (TPSA) is 27.7 Å². The van der Waals surface area contributed by atoms with Crippen LogP contribution in [0.5, 0.6) is 11.5 Å². The Morgan fingerprint density at radius 3 is 1.37 bits per heavy atom. The van der Waals surface area contributed by atoms with Gasteiger partial charge >= 0.3 is 0 Å². The molecule has 27 heavy (non-hydrogen) atoms. The Balaban J connectivity index is 1.57. The average Bonchev–Trinajstić information content (AvgIpc) is 2.69. The monoisotopic (exact) mass is 498 g/mol. The zero-order valence-corrected chi connectivity index (χ0v) is 19.2. The molecule has 0 saturated carbocycles. The van der Waals surface area contributed by atoms with E-state index in [9.17, 15) is 0 Å². The summed E-state index contributed by atoms with van der Waals surface area (Å²) in [7, 11) is 3.38. The van der Waals surface area contributed by atoms with Crippen molar-refractivity contribution >= 4 is 31.9 Å². The van der Waals surface area contributed by atoms with Crippen LogP contribution in [0.2, 0.25) is 0 Å². The highest BCUT2D eigenvalue weighted by Crippen LogP contribution is 2.19. The summed E-state index contributed by atoms with van der Waals surface area (Å²) in [5, 5.41) is 0. The van der Waals surface area contributed by atoms with Gasteiger partial charge in [-0.25, -0.2) is 0 Å². The van der Waals surface area contributed by atoms with Crippen LogP contribution in [0.1, 0.15) is 24.0 Å². The zero-order chi connectivity index (χ0) is 19.5. The fourth-order valence-corrected chi connectivity index (χ4v) is 3.88.